The number of aromatic nitrogens is 2. The maximum atomic E-state index is 13.3. The van der Waals surface area contributed by atoms with Crippen LogP contribution in [0.1, 0.15) is 44.1 Å². The first-order valence-corrected chi connectivity index (χ1v) is 11.1. The number of ether oxygens (including phenoxy) is 1. The van der Waals surface area contributed by atoms with Gasteiger partial charge in [0.05, 0.1) is 23.6 Å². The Balaban J connectivity index is 2.05. The van der Waals surface area contributed by atoms with Crippen molar-refractivity contribution < 1.29 is 9.53 Å². The maximum absolute atomic E-state index is 13.3. The van der Waals surface area contributed by atoms with Crippen molar-refractivity contribution in [2.75, 3.05) is 25.6 Å². The van der Waals surface area contributed by atoms with Gasteiger partial charge in [-0.25, -0.2) is 9.78 Å². The van der Waals surface area contributed by atoms with Crippen LogP contribution in [0.2, 0.25) is 0 Å². The topological polar surface area (TPSA) is 76.5 Å². The summed E-state index contributed by atoms with van der Waals surface area (Å²) in [6.45, 7) is 7.33. The van der Waals surface area contributed by atoms with E-state index >= 15 is 0 Å². The average molecular weight is 437 g/mol. The highest BCUT2D eigenvalue weighted by molar-refractivity contribution is 5.89. The molecule has 0 saturated heterocycles. The first-order valence-electron chi connectivity index (χ1n) is 11.1. The molecule has 3 aromatic rings. The fourth-order valence-electron chi connectivity index (χ4n) is 3.84. The maximum Gasteiger partial charge on any atom is 0.322 e. The van der Waals surface area contributed by atoms with Gasteiger partial charge in [0.15, 0.2) is 0 Å². The normalized spacial score (nSPS) is 12.0. The van der Waals surface area contributed by atoms with Gasteiger partial charge in [-0.1, -0.05) is 43.7 Å². The third-order valence-corrected chi connectivity index (χ3v) is 5.50. The fraction of sp³-hybridized carbons (Fsp3) is 0.400. The third-order valence-electron chi connectivity index (χ3n) is 5.50. The number of methoxy groups -OCH3 is 1. The number of carbonyl (C=O) groups is 1. The van der Waals surface area contributed by atoms with E-state index in [-0.39, 0.29) is 17.6 Å². The van der Waals surface area contributed by atoms with Gasteiger partial charge in [-0.15, -0.1) is 0 Å². The summed E-state index contributed by atoms with van der Waals surface area (Å²) in [5, 5.41) is 3.57. The first kappa shape index (κ1) is 23.5. The van der Waals surface area contributed by atoms with Crippen LogP contribution in [-0.4, -0.2) is 40.7 Å². The van der Waals surface area contributed by atoms with E-state index in [9.17, 15) is 9.59 Å². The van der Waals surface area contributed by atoms with Crippen molar-refractivity contribution in [2.45, 2.75) is 46.2 Å². The van der Waals surface area contributed by atoms with E-state index in [0.29, 0.717) is 42.8 Å². The number of fused-ring (bicyclic) bond motifs is 1. The number of nitrogens with one attached hydrogen (secondary N) is 1. The van der Waals surface area contributed by atoms with E-state index in [1.807, 2.05) is 63.2 Å². The second-order valence-electron chi connectivity index (χ2n) is 7.85. The van der Waals surface area contributed by atoms with Crippen LogP contribution in [0.4, 0.5) is 10.5 Å². The molecule has 0 aliphatic rings. The van der Waals surface area contributed by atoms with Crippen molar-refractivity contribution in [3.63, 3.8) is 0 Å². The molecule has 0 radical (unpaired) electrons. The molecule has 0 saturated carbocycles. The second-order valence-corrected chi connectivity index (χ2v) is 7.85. The molecule has 0 bridgehead atoms. The van der Waals surface area contributed by atoms with Gasteiger partial charge in [0.25, 0.3) is 5.56 Å². The summed E-state index contributed by atoms with van der Waals surface area (Å²) in [5.41, 5.74) is 2.41. The van der Waals surface area contributed by atoms with Crippen LogP contribution in [0.25, 0.3) is 10.9 Å². The molecule has 3 rings (SSSR count). The van der Waals surface area contributed by atoms with Gasteiger partial charge in [-0.05, 0) is 44.0 Å². The van der Waals surface area contributed by atoms with Crippen molar-refractivity contribution in [2.24, 2.45) is 0 Å². The summed E-state index contributed by atoms with van der Waals surface area (Å²) in [4.78, 5) is 33.2. The Morgan fingerprint density at radius 2 is 1.88 bits per heavy atom. The number of carbonyl (C=O) groups excluding carboxylic acids is 1. The minimum Gasteiger partial charge on any atom is -0.383 e. The molecule has 1 heterocycles. The van der Waals surface area contributed by atoms with Crippen molar-refractivity contribution in [3.05, 3.63) is 70.3 Å². The molecule has 0 aliphatic heterocycles. The smallest absolute Gasteiger partial charge is 0.322 e. The summed E-state index contributed by atoms with van der Waals surface area (Å²) in [6.07, 6.45) is 1.40. The van der Waals surface area contributed by atoms with Crippen molar-refractivity contribution >= 4 is 22.6 Å². The molecule has 1 N–H and O–H groups in total. The lowest BCUT2D eigenvalue weighted by Crippen LogP contribution is -2.42. The predicted octanol–water partition coefficient (Wildman–Crippen LogP) is 4.75. The van der Waals surface area contributed by atoms with Crippen LogP contribution >= 0.6 is 0 Å². The third kappa shape index (κ3) is 5.16. The number of nitrogens with zero attached hydrogens (tertiary/aromatic N) is 3. The van der Waals surface area contributed by atoms with Crippen molar-refractivity contribution in [1.82, 2.24) is 14.5 Å². The zero-order valence-electron chi connectivity index (χ0n) is 19.3. The average Bonchev–Trinajstić information content (AvgIpc) is 2.80. The van der Waals surface area contributed by atoms with Crippen LogP contribution in [0, 0.1) is 6.92 Å². The van der Waals surface area contributed by atoms with Crippen molar-refractivity contribution in [1.29, 1.82) is 0 Å². The molecule has 0 spiro atoms. The number of amides is 2. The molecular weight excluding hydrogens is 404 g/mol. The van der Waals surface area contributed by atoms with Gasteiger partial charge in [0.1, 0.15) is 5.82 Å². The number of para-hydroxylation sites is 1. The lowest BCUT2D eigenvalue weighted by atomic mass is 10.1. The van der Waals surface area contributed by atoms with E-state index in [1.165, 1.54) is 0 Å². The molecule has 32 heavy (non-hydrogen) atoms. The largest absolute Gasteiger partial charge is 0.383 e. The molecule has 7 nitrogen and oxygen atoms in total. The van der Waals surface area contributed by atoms with Gasteiger partial charge in [0, 0.05) is 25.9 Å². The second kappa shape index (κ2) is 10.9. The molecule has 170 valence electrons. The van der Waals surface area contributed by atoms with Crippen LogP contribution in [0.5, 0.6) is 0 Å². The van der Waals surface area contributed by atoms with Crippen LogP contribution in [-0.2, 0) is 11.3 Å². The van der Waals surface area contributed by atoms with Gasteiger partial charge in [-0.3, -0.25) is 9.36 Å². The Morgan fingerprint density at radius 1 is 1.16 bits per heavy atom. The highest BCUT2D eigenvalue weighted by Gasteiger charge is 2.28. The molecule has 7 heteroatoms. The van der Waals surface area contributed by atoms with Gasteiger partial charge in [0.2, 0.25) is 0 Å². The summed E-state index contributed by atoms with van der Waals surface area (Å²) >= 11 is 0. The minimum absolute atomic E-state index is 0.0727. The molecule has 1 atom stereocenters. The lowest BCUT2D eigenvalue weighted by molar-refractivity contribution is 0.130. The highest BCUT2D eigenvalue weighted by Crippen LogP contribution is 2.25. The van der Waals surface area contributed by atoms with Gasteiger partial charge >= 0.3 is 6.03 Å². The summed E-state index contributed by atoms with van der Waals surface area (Å²) in [5.74, 6) is 0.605. The molecule has 0 aliphatic carbocycles. The number of rotatable bonds is 9. The zero-order chi connectivity index (χ0) is 23.1. The quantitative estimate of drug-likeness (QED) is 0.525. The highest BCUT2D eigenvalue weighted by atomic mass is 16.5. The number of benzene rings is 2. The van der Waals surface area contributed by atoms with Crippen LogP contribution < -0.4 is 10.9 Å². The predicted molar refractivity (Wildman–Crippen MR) is 128 cm³/mol. The fourth-order valence-corrected chi connectivity index (χ4v) is 3.84. The summed E-state index contributed by atoms with van der Waals surface area (Å²) in [6, 6.07) is 14.4. The molecular formula is C25H32N4O3. The Kier molecular flexibility index (Phi) is 8.00. The Bertz CT molecular complexity index is 1110. The number of urea groups is 1. The van der Waals surface area contributed by atoms with Gasteiger partial charge < -0.3 is 15.0 Å². The number of hydrogen-bond acceptors (Lipinski definition) is 4. The number of anilines is 1. The molecule has 1 aromatic heterocycles. The van der Waals surface area contributed by atoms with Crippen molar-refractivity contribution in [3.8, 4) is 0 Å². The lowest BCUT2D eigenvalue weighted by Gasteiger charge is -2.32. The minimum atomic E-state index is -0.376. The SMILES string of the molecule is CCCn1c(C(CC)N(CCOC)C(=O)Nc2ccc(C)cc2)nc2ccccc2c1=O. The summed E-state index contributed by atoms with van der Waals surface area (Å²) < 4.78 is 7.00. The molecule has 2 amide bonds. The summed E-state index contributed by atoms with van der Waals surface area (Å²) in [7, 11) is 1.61. The monoisotopic (exact) mass is 436 g/mol. The van der Waals surface area contributed by atoms with E-state index < -0.39 is 0 Å². The van der Waals surface area contributed by atoms with Crippen LogP contribution in [0.3, 0.4) is 0 Å². The number of aryl methyl sites for hydroxylation is 1. The van der Waals surface area contributed by atoms with Gasteiger partial charge in [-0.2, -0.15) is 0 Å². The van der Waals surface area contributed by atoms with E-state index in [4.69, 9.17) is 9.72 Å². The van der Waals surface area contributed by atoms with Crippen LogP contribution in [0.15, 0.2) is 53.3 Å². The molecule has 0 fully saturated rings. The first-order chi connectivity index (χ1) is 15.5. The molecule has 1 unspecified atom stereocenters. The number of hydrogen-bond donors (Lipinski definition) is 1. The Hall–Kier alpha value is -3.19. The van der Waals surface area contributed by atoms with E-state index in [0.717, 1.165) is 17.7 Å². The van der Waals surface area contributed by atoms with E-state index in [1.54, 1.807) is 22.6 Å². The molecule has 2 aromatic carbocycles. The zero-order valence-corrected chi connectivity index (χ0v) is 19.3. The van der Waals surface area contributed by atoms with E-state index in [2.05, 4.69) is 5.32 Å². The Labute approximate surface area is 189 Å². The Morgan fingerprint density at radius 3 is 2.53 bits per heavy atom. The standard InChI is InChI=1S/C25H32N4O3/c1-5-15-29-23(27-21-10-8-7-9-20(21)24(29)30)22(6-2)28(16-17-32-4)25(31)26-19-13-11-18(3)12-14-19/h7-14,22H,5-6,15-17H2,1-4H3,(H,26,31).